The van der Waals surface area contributed by atoms with E-state index in [4.69, 9.17) is 4.52 Å². The number of benzene rings is 2. The van der Waals surface area contributed by atoms with E-state index in [1.54, 1.807) is 12.1 Å². The molecule has 0 aliphatic carbocycles. The van der Waals surface area contributed by atoms with Crippen LogP contribution in [0, 0.1) is 11.3 Å². The summed E-state index contributed by atoms with van der Waals surface area (Å²) in [6.45, 7) is 1.87. The first-order valence-electron chi connectivity index (χ1n) is 10.5. The van der Waals surface area contributed by atoms with Crippen LogP contribution in [0.3, 0.4) is 0 Å². The number of anilines is 1. The van der Waals surface area contributed by atoms with E-state index >= 15 is 0 Å². The van der Waals surface area contributed by atoms with Gasteiger partial charge in [0.05, 0.1) is 17.8 Å². The highest BCUT2D eigenvalue weighted by Crippen LogP contribution is 2.39. The number of carbonyl (C=O) groups is 1. The number of nitrogens with zero attached hydrogens (tertiary/aromatic N) is 4. The third-order valence-electron chi connectivity index (χ3n) is 5.69. The van der Waals surface area contributed by atoms with Crippen LogP contribution in [0.1, 0.15) is 51.8 Å². The van der Waals surface area contributed by atoms with Gasteiger partial charge in [-0.05, 0) is 17.2 Å². The first kappa shape index (κ1) is 22.5. The predicted molar refractivity (Wildman–Crippen MR) is 123 cm³/mol. The van der Waals surface area contributed by atoms with E-state index in [1.807, 2.05) is 49.4 Å². The molecule has 9 nitrogen and oxygen atoms in total. The van der Waals surface area contributed by atoms with E-state index < -0.39 is 28.8 Å². The van der Waals surface area contributed by atoms with Gasteiger partial charge in [0.25, 0.3) is 11.5 Å². The van der Waals surface area contributed by atoms with Crippen LogP contribution in [0.2, 0.25) is 0 Å². The summed E-state index contributed by atoms with van der Waals surface area (Å²) in [5, 5.41) is 26.1. The van der Waals surface area contributed by atoms with Gasteiger partial charge in [0.2, 0.25) is 5.75 Å². The van der Waals surface area contributed by atoms with Crippen LogP contribution in [0.15, 0.2) is 76.4 Å². The van der Waals surface area contributed by atoms with Gasteiger partial charge in [-0.3, -0.25) is 14.2 Å². The minimum absolute atomic E-state index is 0.256. The molecular weight excluding hydrogens is 434 g/mol. The van der Waals surface area contributed by atoms with Crippen LogP contribution < -0.4 is 10.9 Å². The fraction of sp³-hybridized carbons (Fsp3) is 0.160. The largest absolute Gasteiger partial charge is 0.501 e. The zero-order valence-corrected chi connectivity index (χ0v) is 18.5. The number of hydrogen-bond acceptors (Lipinski definition) is 7. The first-order valence-corrected chi connectivity index (χ1v) is 10.5. The normalized spacial score (nSPS) is 12.5. The highest BCUT2D eigenvalue weighted by molar-refractivity contribution is 6.04. The Hall–Kier alpha value is -4.71. The molecule has 2 heterocycles. The zero-order chi connectivity index (χ0) is 24.2. The summed E-state index contributed by atoms with van der Waals surface area (Å²) >= 11 is 0. The fourth-order valence-corrected chi connectivity index (χ4v) is 4.05. The van der Waals surface area contributed by atoms with Gasteiger partial charge in [-0.2, -0.15) is 5.26 Å². The van der Waals surface area contributed by atoms with Crippen molar-refractivity contribution in [3.63, 3.8) is 0 Å². The molecule has 0 saturated carbocycles. The number of carbonyl (C=O) groups excluding carboxylic acids is 1. The van der Waals surface area contributed by atoms with Gasteiger partial charge in [0.1, 0.15) is 17.8 Å². The maximum atomic E-state index is 12.8. The standard InChI is InChI=1S/C25H21N5O4/c1-15(20(16-8-4-3-5-9-16)19-11-7-6-10-17(19)12-26)23-29-21(22(31)25(33)30(23)2)24(32)28-18-13-27-34-14-18/h3-11,13-15,20,31H,1-2H3,(H,28,32)/t15-,20+/m0/s1. The highest BCUT2D eigenvalue weighted by atomic mass is 16.5. The molecule has 2 N–H and O–H groups in total. The van der Waals surface area contributed by atoms with E-state index in [0.717, 1.165) is 11.1 Å². The molecule has 0 spiro atoms. The van der Waals surface area contributed by atoms with Gasteiger partial charge in [-0.25, -0.2) is 4.98 Å². The molecule has 0 radical (unpaired) electrons. The molecule has 34 heavy (non-hydrogen) atoms. The summed E-state index contributed by atoms with van der Waals surface area (Å²) in [5.41, 5.74) is 1.26. The minimum atomic E-state index is -0.777. The number of aromatic nitrogens is 3. The molecule has 1 amide bonds. The van der Waals surface area contributed by atoms with E-state index in [-0.39, 0.29) is 17.4 Å². The second kappa shape index (κ2) is 9.42. The summed E-state index contributed by atoms with van der Waals surface area (Å²) in [6.07, 6.45) is 2.49. The van der Waals surface area contributed by atoms with E-state index in [2.05, 4.69) is 21.5 Å². The zero-order valence-electron chi connectivity index (χ0n) is 18.5. The van der Waals surface area contributed by atoms with Gasteiger partial charge >= 0.3 is 0 Å². The molecule has 0 unspecified atom stereocenters. The summed E-state index contributed by atoms with van der Waals surface area (Å²) < 4.78 is 5.92. The third-order valence-corrected chi connectivity index (χ3v) is 5.69. The van der Waals surface area contributed by atoms with Crippen molar-refractivity contribution < 1.29 is 14.4 Å². The SMILES string of the molecule is C[C@H](c1nc(C(=O)Nc2cnoc2)c(O)c(=O)n1C)[C@H](c1ccccc1)c1ccccc1C#N. The van der Waals surface area contributed by atoms with Crippen molar-refractivity contribution in [3.05, 3.63) is 106 Å². The second-order valence-corrected chi connectivity index (χ2v) is 7.77. The van der Waals surface area contributed by atoms with E-state index in [0.29, 0.717) is 5.56 Å². The summed E-state index contributed by atoms with van der Waals surface area (Å²) in [5.74, 6) is -2.06. The molecule has 0 saturated heterocycles. The molecule has 0 bridgehead atoms. The maximum absolute atomic E-state index is 12.8. The Morgan fingerprint density at radius 2 is 1.88 bits per heavy atom. The van der Waals surface area contributed by atoms with E-state index in [1.165, 1.54) is 24.1 Å². The maximum Gasteiger partial charge on any atom is 0.296 e. The lowest BCUT2D eigenvalue weighted by Gasteiger charge is -2.27. The van der Waals surface area contributed by atoms with Gasteiger partial charge in [0, 0.05) is 18.9 Å². The Morgan fingerprint density at radius 1 is 1.18 bits per heavy atom. The Labute approximate surface area is 194 Å². The number of nitriles is 1. The van der Waals surface area contributed by atoms with Crippen LogP contribution in [-0.4, -0.2) is 25.7 Å². The number of rotatable bonds is 6. The topological polar surface area (TPSA) is 134 Å². The van der Waals surface area contributed by atoms with Crippen LogP contribution >= 0.6 is 0 Å². The summed E-state index contributed by atoms with van der Waals surface area (Å²) in [6, 6.07) is 19.0. The van der Waals surface area contributed by atoms with Crippen molar-refractivity contribution in [2.45, 2.75) is 18.8 Å². The minimum Gasteiger partial charge on any atom is -0.501 e. The lowest BCUT2D eigenvalue weighted by atomic mass is 9.79. The van der Waals surface area contributed by atoms with Crippen molar-refractivity contribution in [2.75, 3.05) is 5.32 Å². The molecule has 2 atom stereocenters. The molecule has 0 fully saturated rings. The Balaban J connectivity index is 1.86. The second-order valence-electron chi connectivity index (χ2n) is 7.77. The van der Waals surface area contributed by atoms with Crippen molar-refractivity contribution in [3.8, 4) is 11.8 Å². The van der Waals surface area contributed by atoms with Crippen molar-refractivity contribution in [1.82, 2.24) is 14.7 Å². The molecule has 2 aromatic carbocycles. The van der Waals surface area contributed by atoms with Crippen LogP contribution in [0.4, 0.5) is 5.69 Å². The van der Waals surface area contributed by atoms with Gasteiger partial charge < -0.3 is 14.9 Å². The molecule has 0 aliphatic rings. The first-order chi connectivity index (χ1) is 16.4. The van der Waals surface area contributed by atoms with Crippen molar-refractivity contribution in [2.24, 2.45) is 7.05 Å². The molecular formula is C25H21N5O4. The number of hydrogen-bond donors (Lipinski definition) is 2. The van der Waals surface area contributed by atoms with Gasteiger partial charge in [-0.1, -0.05) is 60.6 Å². The predicted octanol–water partition coefficient (Wildman–Crippen LogP) is 3.53. The number of amides is 1. The molecule has 4 aromatic rings. The molecule has 9 heteroatoms. The van der Waals surface area contributed by atoms with Gasteiger partial charge in [-0.15, -0.1) is 0 Å². The van der Waals surface area contributed by atoms with Gasteiger partial charge in [0.15, 0.2) is 5.69 Å². The lowest BCUT2D eigenvalue weighted by molar-refractivity contribution is 0.101. The van der Waals surface area contributed by atoms with Crippen molar-refractivity contribution >= 4 is 11.6 Å². The summed E-state index contributed by atoms with van der Waals surface area (Å²) in [4.78, 5) is 30.0. The quantitative estimate of drug-likeness (QED) is 0.454. The summed E-state index contributed by atoms with van der Waals surface area (Å²) in [7, 11) is 1.49. The van der Waals surface area contributed by atoms with Crippen LogP contribution in [-0.2, 0) is 7.05 Å². The Morgan fingerprint density at radius 3 is 2.56 bits per heavy atom. The molecule has 170 valence electrons. The lowest BCUT2D eigenvalue weighted by Crippen LogP contribution is -2.29. The number of nitrogens with one attached hydrogen (secondary N) is 1. The monoisotopic (exact) mass is 455 g/mol. The average Bonchev–Trinajstić information content (AvgIpc) is 3.36. The third kappa shape index (κ3) is 4.17. The Kier molecular flexibility index (Phi) is 6.23. The van der Waals surface area contributed by atoms with Crippen LogP contribution in [0.25, 0.3) is 0 Å². The smallest absolute Gasteiger partial charge is 0.296 e. The Bertz CT molecular complexity index is 1420. The number of aromatic hydroxyl groups is 1. The fourth-order valence-electron chi connectivity index (χ4n) is 4.05. The molecule has 2 aromatic heterocycles. The molecule has 0 aliphatic heterocycles. The highest BCUT2D eigenvalue weighted by Gasteiger charge is 2.30. The van der Waals surface area contributed by atoms with Crippen molar-refractivity contribution in [1.29, 1.82) is 5.26 Å². The van der Waals surface area contributed by atoms with Crippen LogP contribution in [0.5, 0.6) is 5.75 Å². The van der Waals surface area contributed by atoms with E-state index in [9.17, 15) is 20.0 Å². The molecule has 4 rings (SSSR count). The average molecular weight is 455 g/mol.